The summed E-state index contributed by atoms with van der Waals surface area (Å²) in [6, 6.07) is 0. The van der Waals surface area contributed by atoms with Crippen LogP contribution < -0.4 is 0 Å². The molecular formula is C16H30BBrO2. The van der Waals surface area contributed by atoms with Crippen molar-refractivity contribution in [2.24, 2.45) is 5.92 Å². The third-order valence-electron chi connectivity index (χ3n) is 5.55. The molecule has 0 N–H and O–H groups in total. The summed E-state index contributed by atoms with van der Waals surface area (Å²) in [6.07, 6.45) is 9.32. The van der Waals surface area contributed by atoms with E-state index in [2.05, 4.69) is 43.6 Å². The van der Waals surface area contributed by atoms with Gasteiger partial charge in [0.05, 0.1) is 11.2 Å². The fraction of sp³-hybridized carbons (Fsp3) is 1.00. The maximum Gasteiger partial charge on any atom is 0.461 e. The number of alkyl halides is 1. The number of hydrogen-bond donors (Lipinski definition) is 0. The minimum Gasteiger partial charge on any atom is -0.403 e. The average molecular weight is 345 g/mol. The molecule has 4 heteroatoms. The first-order valence-electron chi connectivity index (χ1n) is 8.29. The van der Waals surface area contributed by atoms with E-state index >= 15 is 0 Å². The summed E-state index contributed by atoms with van der Waals surface area (Å²) in [5, 5.41) is 1.08. The van der Waals surface area contributed by atoms with Crippen molar-refractivity contribution in [3.8, 4) is 0 Å². The summed E-state index contributed by atoms with van der Waals surface area (Å²) >= 11 is 3.57. The molecule has 0 aromatic carbocycles. The summed E-state index contributed by atoms with van der Waals surface area (Å²) in [6.45, 7) is 8.65. The van der Waals surface area contributed by atoms with E-state index in [1.807, 2.05) is 0 Å². The molecule has 0 aromatic heterocycles. The zero-order valence-corrected chi connectivity index (χ0v) is 15.2. The highest BCUT2D eigenvalue weighted by Gasteiger charge is 2.54. The van der Waals surface area contributed by atoms with Crippen LogP contribution in [-0.2, 0) is 9.31 Å². The second kappa shape index (κ2) is 6.70. The van der Waals surface area contributed by atoms with Crippen LogP contribution in [0.3, 0.4) is 0 Å². The van der Waals surface area contributed by atoms with Gasteiger partial charge < -0.3 is 9.31 Å². The van der Waals surface area contributed by atoms with Gasteiger partial charge in [0.25, 0.3) is 0 Å². The Kier molecular flexibility index (Phi) is 5.64. The lowest BCUT2D eigenvalue weighted by Crippen LogP contribution is -2.41. The maximum absolute atomic E-state index is 6.34. The van der Waals surface area contributed by atoms with E-state index in [1.54, 1.807) is 0 Å². The Morgan fingerprint density at radius 2 is 1.60 bits per heavy atom. The number of halogens is 1. The smallest absolute Gasteiger partial charge is 0.403 e. The molecule has 1 aliphatic carbocycles. The molecule has 2 aliphatic rings. The minimum absolute atomic E-state index is 0.0119. The second-order valence-electron chi connectivity index (χ2n) is 7.52. The number of hydrogen-bond acceptors (Lipinski definition) is 2. The Hall–Kier alpha value is 0.465. The van der Waals surface area contributed by atoms with Gasteiger partial charge in [-0.1, -0.05) is 54.5 Å². The van der Waals surface area contributed by atoms with Gasteiger partial charge in [0.1, 0.15) is 0 Å². The minimum atomic E-state index is -0.195. The van der Waals surface area contributed by atoms with Gasteiger partial charge in [0.15, 0.2) is 0 Å². The summed E-state index contributed by atoms with van der Waals surface area (Å²) in [4.78, 5) is 0. The third-order valence-corrected chi connectivity index (χ3v) is 6.11. The van der Waals surface area contributed by atoms with Crippen LogP contribution in [0.5, 0.6) is 0 Å². The largest absolute Gasteiger partial charge is 0.461 e. The van der Waals surface area contributed by atoms with Gasteiger partial charge in [-0.2, -0.15) is 0 Å². The van der Waals surface area contributed by atoms with Crippen LogP contribution in [0.1, 0.15) is 72.6 Å². The molecule has 0 bridgehead atoms. The van der Waals surface area contributed by atoms with Gasteiger partial charge >= 0.3 is 7.12 Å². The van der Waals surface area contributed by atoms with Crippen LogP contribution in [0, 0.1) is 5.92 Å². The van der Waals surface area contributed by atoms with E-state index in [0.29, 0.717) is 5.82 Å². The quantitative estimate of drug-likeness (QED) is 0.503. The van der Waals surface area contributed by atoms with Crippen molar-refractivity contribution in [2.45, 2.75) is 89.7 Å². The SMILES string of the molecule is CC1(C)OB(C(CCCBr)C2CCCCC2)OC1(C)C. The van der Waals surface area contributed by atoms with Crippen LogP contribution in [-0.4, -0.2) is 23.7 Å². The first kappa shape index (κ1) is 16.8. The fourth-order valence-electron chi connectivity index (χ4n) is 3.53. The second-order valence-corrected chi connectivity index (χ2v) is 8.31. The molecule has 2 nitrogen and oxygen atoms in total. The first-order chi connectivity index (χ1) is 9.37. The van der Waals surface area contributed by atoms with Gasteiger partial charge in [-0.3, -0.25) is 0 Å². The molecular weight excluding hydrogens is 315 g/mol. The zero-order valence-electron chi connectivity index (χ0n) is 13.6. The predicted molar refractivity (Wildman–Crippen MR) is 89.4 cm³/mol. The lowest BCUT2D eigenvalue weighted by molar-refractivity contribution is 0.00578. The van der Waals surface area contributed by atoms with Crippen LogP contribution >= 0.6 is 15.9 Å². The molecule has 1 atom stereocenters. The average Bonchev–Trinajstić information content (AvgIpc) is 2.60. The van der Waals surface area contributed by atoms with E-state index in [9.17, 15) is 0 Å². The van der Waals surface area contributed by atoms with Gasteiger partial charge in [-0.25, -0.2) is 0 Å². The van der Waals surface area contributed by atoms with Gasteiger partial charge in [-0.15, -0.1) is 0 Å². The highest BCUT2D eigenvalue weighted by Crippen LogP contribution is 2.46. The Morgan fingerprint density at radius 1 is 1.05 bits per heavy atom. The molecule has 1 aliphatic heterocycles. The Balaban J connectivity index is 2.07. The molecule has 0 spiro atoms. The molecule has 2 fully saturated rings. The van der Waals surface area contributed by atoms with Crippen molar-refractivity contribution in [2.75, 3.05) is 5.33 Å². The van der Waals surface area contributed by atoms with Crippen LogP contribution in [0.4, 0.5) is 0 Å². The van der Waals surface area contributed by atoms with Gasteiger partial charge in [-0.05, 0) is 45.9 Å². The Morgan fingerprint density at radius 3 is 2.10 bits per heavy atom. The zero-order chi connectivity index (χ0) is 14.8. The van der Waals surface area contributed by atoms with Crippen molar-refractivity contribution in [3.63, 3.8) is 0 Å². The summed E-state index contributed by atoms with van der Waals surface area (Å²) < 4.78 is 12.7. The number of rotatable bonds is 5. The van der Waals surface area contributed by atoms with Crippen molar-refractivity contribution in [1.82, 2.24) is 0 Å². The molecule has 0 aromatic rings. The molecule has 20 heavy (non-hydrogen) atoms. The normalized spacial score (nSPS) is 27.8. The van der Waals surface area contributed by atoms with E-state index in [-0.39, 0.29) is 18.3 Å². The topological polar surface area (TPSA) is 18.5 Å². The predicted octanol–water partition coefficient (Wildman–Crippen LogP) is 5.20. The molecule has 116 valence electrons. The Labute approximate surface area is 133 Å². The molecule has 0 radical (unpaired) electrons. The first-order valence-corrected chi connectivity index (χ1v) is 9.41. The monoisotopic (exact) mass is 344 g/mol. The fourth-order valence-corrected chi connectivity index (χ4v) is 3.86. The standard InChI is InChI=1S/C16H30BBrO2/c1-15(2)16(3,4)20-17(19-15)14(11-8-12-18)13-9-6-5-7-10-13/h13-14H,5-12H2,1-4H3. The van der Waals surface area contributed by atoms with Crippen LogP contribution in [0.15, 0.2) is 0 Å². The van der Waals surface area contributed by atoms with Crippen molar-refractivity contribution in [3.05, 3.63) is 0 Å². The van der Waals surface area contributed by atoms with E-state index in [4.69, 9.17) is 9.31 Å². The Bertz CT molecular complexity index is 298. The summed E-state index contributed by atoms with van der Waals surface area (Å²) in [5.41, 5.74) is -0.391. The highest BCUT2D eigenvalue weighted by atomic mass is 79.9. The molecule has 1 saturated heterocycles. The summed E-state index contributed by atoms with van der Waals surface area (Å²) in [7, 11) is -0.0119. The highest BCUT2D eigenvalue weighted by molar-refractivity contribution is 9.09. The van der Waals surface area contributed by atoms with E-state index < -0.39 is 0 Å². The van der Waals surface area contributed by atoms with Crippen LogP contribution in [0.2, 0.25) is 5.82 Å². The summed E-state index contributed by atoms with van der Waals surface area (Å²) in [5.74, 6) is 1.35. The molecule has 1 saturated carbocycles. The van der Waals surface area contributed by atoms with Crippen molar-refractivity contribution in [1.29, 1.82) is 0 Å². The lowest BCUT2D eigenvalue weighted by Gasteiger charge is -2.32. The molecule has 0 amide bonds. The van der Waals surface area contributed by atoms with Crippen LogP contribution in [0.25, 0.3) is 0 Å². The van der Waals surface area contributed by atoms with Crippen molar-refractivity contribution >= 4 is 23.0 Å². The van der Waals surface area contributed by atoms with E-state index in [1.165, 1.54) is 44.9 Å². The lowest BCUT2D eigenvalue weighted by atomic mass is 9.59. The van der Waals surface area contributed by atoms with Gasteiger partial charge in [0, 0.05) is 5.33 Å². The molecule has 1 heterocycles. The van der Waals surface area contributed by atoms with E-state index in [0.717, 1.165) is 11.2 Å². The third kappa shape index (κ3) is 3.62. The maximum atomic E-state index is 6.34. The van der Waals surface area contributed by atoms with Crippen molar-refractivity contribution < 1.29 is 9.31 Å². The van der Waals surface area contributed by atoms with Gasteiger partial charge in [0.2, 0.25) is 0 Å². The molecule has 2 rings (SSSR count). The molecule has 1 unspecified atom stereocenters.